The van der Waals surface area contributed by atoms with Crippen molar-refractivity contribution < 1.29 is 4.79 Å². The fourth-order valence-corrected chi connectivity index (χ4v) is 3.74. The summed E-state index contributed by atoms with van der Waals surface area (Å²) < 4.78 is 0. The smallest absolute Gasteiger partial charge is 0.196 e. The molecule has 3 aromatic rings. The molecule has 2 aromatic carbocycles. The van der Waals surface area contributed by atoms with E-state index in [1.807, 2.05) is 50.2 Å². The number of carbonyl (C=O) groups excluding carboxylic acids is 1. The van der Waals surface area contributed by atoms with Crippen molar-refractivity contribution in [1.29, 1.82) is 0 Å². The van der Waals surface area contributed by atoms with E-state index in [0.29, 0.717) is 21.2 Å². The van der Waals surface area contributed by atoms with E-state index in [4.69, 9.17) is 17.3 Å². The lowest BCUT2D eigenvalue weighted by atomic mass is 9.95. The number of nitrogen functional groups attached to an aromatic ring is 1. The number of hydrogen-bond donors (Lipinski definition) is 1. The summed E-state index contributed by atoms with van der Waals surface area (Å²) in [4.78, 5) is 14.1. The fourth-order valence-electron chi connectivity index (χ4n) is 2.67. The average Bonchev–Trinajstić information content (AvgIpc) is 2.84. The van der Waals surface area contributed by atoms with E-state index in [1.165, 1.54) is 11.3 Å². The predicted molar refractivity (Wildman–Crippen MR) is 98.5 cm³/mol. The summed E-state index contributed by atoms with van der Waals surface area (Å²) in [5.74, 6) is -0.0644. The second kappa shape index (κ2) is 6.19. The quantitative estimate of drug-likeness (QED) is 0.639. The van der Waals surface area contributed by atoms with Crippen LogP contribution in [0.5, 0.6) is 0 Å². The minimum atomic E-state index is -0.0644. The van der Waals surface area contributed by atoms with Crippen LogP contribution in [-0.2, 0) is 0 Å². The van der Waals surface area contributed by atoms with Crippen molar-refractivity contribution in [1.82, 2.24) is 0 Å². The number of anilines is 1. The van der Waals surface area contributed by atoms with Crippen LogP contribution < -0.4 is 5.73 Å². The molecule has 0 atom stereocenters. The lowest BCUT2D eigenvalue weighted by molar-refractivity contribution is 0.104. The summed E-state index contributed by atoms with van der Waals surface area (Å²) in [5, 5.41) is 1.21. The van der Waals surface area contributed by atoms with Crippen molar-refractivity contribution in [3.63, 3.8) is 0 Å². The van der Waals surface area contributed by atoms with Crippen LogP contribution >= 0.6 is 22.9 Å². The first kappa shape index (κ1) is 15.8. The Morgan fingerprint density at radius 3 is 2.43 bits per heavy atom. The third kappa shape index (κ3) is 2.90. The fraction of sp³-hybridized carbons (Fsp3) is 0.105. The molecule has 0 aliphatic heterocycles. The van der Waals surface area contributed by atoms with Crippen molar-refractivity contribution in [2.24, 2.45) is 0 Å². The van der Waals surface area contributed by atoms with Gasteiger partial charge < -0.3 is 5.73 Å². The maximum absolute atomic E-state index is 13.0. The molecule has 0 spiro atoms. The molecule has 0 saturated carbocycles. The molecule has 1 aromatic heterocycles. The second-order valence-electron chi connectivity index (χ2n) is 5.43. The molecule has 0 aliphatic rings. The van der Waals surface area contributed by atoms with Crippen LogP contribution in [0.2, 0.25) is 5.02 Å². The normalized spacial score (nSPS) is 10.7. The molecule has 116 valence electrons. The molecule has 3 rings (SSSR count). The van der Waals surface area contributed by atoms with Gasteiger partial charge in [-0.05, 0) is 43.2 Å². The topological polar surface area (TPSA) is 43.1 Å². The molecule has 23 heavy (non-hydrogen) atoms. The molecule has 0 amide bonds. The molecule has 0 aliphatic carbocycles. The molecule has 2 N–H and O–H groups in total. The van der Waals surface area contributed by atoms with E-state index in [9.17, 15) is 4.79 Å². The Bertz CT molecular complexity index is 884. The molecular weight excluding hydrogens is 326 g/mol. The summed E-state index contributed by atoms with van der Waals surface area (Å²) in [6.45, 7) is 3.88. The maximum atomic E-state index is 13.0. The molecule has 4 heteroatoms. The van der Waals surface area contributed by atoms with Crippen LogP contribution in [-0.4, -0.2) is 5.78 Å². The van der Waals surface area contributed by atoms with E-state index >= 15 is 0 Å². The van der Waals surface area contributed by atoms with E-state index < -0.39 is 0 Å². The number of carbonyl (C=O) groups is 1. The van der Waals surface area contributed by atoms with E-state index in [2.05, 4.69) is 0 Å². The molecule has 0 unspecified atom stereocenters. The Hall–Kier alpha value is -2.10. The predicted octanol–water partition coefficient (Wildman–Crippen LogP) is 5.50. The van der Waals surface area contributed by atoms with Gasteiger partial charge in [0.25, 0.3) is 0 Å². The number of nitrogens with two attached hydrogens (primary N) is 1. The molecule has 0 radical (unpaired) electrons. The molecular formula is C19H16ClNOS. The summed E-state index contributed by atoms with van der Waals surface area (Å²) in [5.41, 5.74) is 10.2. The highest BCUT2D eigenvalue weighted by Gasteiger charge is 2.23. The number of rotatable bonds is 3. The summed E-state index contributed by atoms with van der Waals surface area (Å²) in [7, 11) is 0. The number of aryl methyl sites for hydroxylation is 2. The van der Waals surface area contributed by atoms with Gasteiger partial charge >= 0.3 is 0 Å². The first-order chi connectivity index (χ1) is 11.0. The lowest BCUT2D eigenvalue weighted by Gasteiger charge is -2.08. The maximum Gasteiger partial charge on any atom is 0.196 e. The van der Waals surface area contributed by atoms with Gasteiger partial charge in [0.2, 0.25) is 0 Å². The molecule has 0 bridgehead atoms. The Labute approximate surface area is 144 Å². The van der Waals surface area contributed by atoms with Crippen molar-refractivity contribution >= 4 is 33.7 Å². The monoisotopic (exact) mass is 341 g/mol. The lowest BCUT2D eigenvalue weighted by Crippen LogP contribution is -2.05. The van der Waals surface area contributed by atoms with Crippen molar-refractivity contribution in [3.05, 3.63) is 75.1 Å². The van der Waals surface area contributed by atoms with Crippen LogP contribution in [0.1, 0.15) is 26.4 Å². The van der Waals surface area contributed by atoms with Crippen LogP contribution in [0.3, 0.4) is 0 Å². The number of halogens is 1. The van der Waals surface area contributed by atoms with Gasteiger partial charge in [-0.25, -0.2) is 0 Å². The van der Waals surface area contributed by atoms with Gasteiger partial charge in [0.15, 0.2) is 5.78 Å². The minimum absolute atomic E-state index is 0.0644. The van der Waals surface area contributed by atoms with E-state index in [1.54, 1.807) is 12.1 Å². The first-order valence-corrected chi connectivity index (χ1v) is 8.43. The summed E-state index contributed by atoms with van der Waals surface area (Å²) >= 11 is 7.51. The number of benzene rings is 2. The summed E-state index contributed by atoms with van der Waals surface area (Å²) in [6.07, 6.45) is 0. The van der Waals surface area contributed by atoms with Crippen molar-refractivity contribution in [3.8, 4) is 11.1 Å². The van der Waals surface area contributed by atoms with Gasteiger partial charge in [-0.2, -0.15) is 0 Å². The van der Waals surface area contributed by atoms with Crippen molar-refractivity contribution in [2.45, 2.75) is 13.8 Å². The highest BCUT2D eigenvalue weighted by Crippen LogP contribution is 2.39. The standard InChI is InChI=1S/C19H16ClNOS/c1-11-10-14(8-9-15(11)20)18(22)17-16(12(2)23-19(17)21)13-6-4-3-5-7-13/h3-10H,21H2,1-2H3. The minimum Gasteiger partial charge on any atom is -0.390 e. The Kier molecular flexibility index (Phi) is 4.24. The van der Waals surface area contributed by atoms with Crippen LogP contribution in [0.25, 0.3) is 11.1 Å². The summed E-state index contributed by atoms with van der Waals surface area (Å²) in [6, 6.07) is 15.2. The molecule has 0 fully saturated rings. The number of ketones is 1. The van der Waals surface area contributed by atoms with Crippen molar-refractivity contribution in [2.75, 3.05) is 5.73 Å². The van der Waals surface area contributed by atoms with Gasteiger partial charge in [0.05, 0.1) is 10.6 Å². The van der Waals surface area contributed by atoms with Crippen LogP contribution in [0.4, 0.5) is 5.00 Å². The van der Waals surface area contributed by atoms with Crippen LogP contribution in [0.15, 0.2) is 48.5 Å². The first-order valence-electron chi connectivity index (χ1n) is 7.24. The number of hydrogen-bond acceptors (Lipinski definition) is 3. The molecule has 1 heterocycles. The highest BCUT2D eigenvalue weighted by atomic mass is 35.5. The zero-order valence-corrected chi connectivity index (χ0v) is 14.5. The molecule has 2 nitrogen and oxygen atoms in total. The van der Waals surface area contributed by atoms with Gasteiger partial charge in [-0.15, -0.1) is 11.3 Å². The van der Waals surface area contributed by atoms with E-state index in [-0.39, 0.29) is 5.78 Å². The zero-order valence-electron chi connectivity index (χ0n) is 12.9. The second-order valence-corrected chi connectivity index (χ2v) is 7.10. The van der Waals surface area contributed by atoms with E-state index in [0.717, 1.165) is 21.6 Å². The van der Waals surface area contributed by atoms with Gasteiger partial charge in [0.1, 0.15) is 0 Å². The van der Waals surface area contributed by atoms with Gasteiger partial charge in [-0.3, -0.25) is 4.79 Å². The Morgan fingerprint density at radius 1 is 1.09 bits per heavy atom. The van der Waals surface area contributed by atoms with Gasteiger partial charge in [0, 0.05) is 21.0 Å². The van der Waals surface area contributed by atoms with Crippen LogP contribution in [0, 0.1) is 13.8 Å². The third-order valence-electron chi connectivity index (χ3n) is 3.82. The third-order valence-corrected chi connectivity index (χ3v) is 5.18. The number of thiophene rings is 1. The zero-order chi connectivity index (χ0) is 16.6. The average molecular weight is 342 g/mol. The SMILES string of the molecule is Cc1cc(C(=O)c2c(N)sc(C)c2-c2ccccc2)ccc1Cl. The molecule has 0 saturated heterocycles. The highest BCUT2D eigenvalue weighted by molar-refractivity contribution is 7.16. The van der Waals surface area contributed by atoms with Gasteiger partial charge in [-0.1, -0.05) is 41.9 Å². The Balaban J connectivity index is 2.16. The largest absolute Gasteiger partial charge is 0.390 e. The Morgan fingerprint density at radius 2 is 1.78 bits per heavy atom.